The molecule has 6 rings (SSSR count). The summed E-state index contributed by atoms with van der Waals surface area (Å²) in [6.07, 6.45) is 4.68. The fourth-order valence-corrected chi connectivity index (χ4v) is 5.77. The number of furan rings is 1. The molecule has 3 heterocycles. The highest BCUT2D eigenvalue weighted by Gasteiger charge is 2.35. The third-order valence-electron chi connectivity index (χ3n) is 8.02. The van der Waals surface area contributed by atoms with E-state index in [1.807, 2.05) is 6.07 Å². The van der Waals surface area contributed by atoms with Crippen LogP contribution in [0.25, 0.3) is 39.3 Å². The number of allylic oxidation sites excluding steroid dienone is 1. The minimum absolute atomic E-state index is 0.102. The van der Waals surface area contributed by atoms with Crippen molar-refractivity contribution in [3.63, 3.8) is 0 Å². The number of nitrogens with zero attached hydrogens (tertiary/aromatic N) is 2. The molecule has 5 aromatic rings. The number of hydrogen-bond acceptors (Lipinski definition) is 5. The van der Waals surface area contributed by atoms with Crippen molar-refractivity contribution in [1.29, 1.82) is 0 Å². The number of aromatic nitrogens is 1. The summed E-state index contributed by atoms with van der Waals surface area (Å²) in [5, 5.41) is 0.691. The van der Waals surface area contributed by atoms with Gasteiger partial charge in [-0.05, 0) is 77.4 Å². The van der Waals surface area contributed by atoms with Crippen molar-refractivity contribution in [2.45, 2.75) is 31.6 Å². The highest BCUT2D eigenvalue weighted by atomic mass is 32.1. The number of carbonyl (C=O) groups excluding carboxylic acids is 1. The lowest BCUT2D eigenvalue weighted by molar-refractivity contribution is -0.114. The number of carbonyl (C=O) groups is 1. The number of hydrogen-bond donors (Lipinski definition) is 1. The maximum atomic E-state index is 15.7. The summed E-state index contributed by atoms with van der Waals surface area (Å²) < 4.78 is 62.9. The lowest BCUT2D eigenvalue weighted by atomic mass is 9.95. The highest BCUT2D eigenvalue weighted by molar-refractivity contribution is 7.80. The molecule has 0 bridgehead atoms. The van der Waals surface area contributed by atoms with E-state index < -0.39 is 17.6 Å². The lowest BCUT2D eigenvalue weighted by Gasteiger charge is -2.33. The first-order chi connectivity index (χ1) is 22.0. The predicted molar refractivity (Wildman–Crippen MR) is 175 cm³/mol. The van der Waals surface area contributed by atoms with Crippen LogP contribution in [0.15, 0.2) is 89.5 Å². The van der Waals surface area contributed by atoms with E-state index in [4.69, 9.17) is 22.4 Å². The van der Waals surface area contributed by atoms with Gasteiger partial charge in [-0.25, -0.2) is 22.5 Å². The fourth-order valence-electron chi connectivity index (χ4n) is 5.47. The van der Waals surface area contributed by atoms with E-state index in [1.54, 1.807) is 65.7 Å². The lowest BCUT2D eigenvalue weighted by Crippen LogP contribution is -2.42. The number of rotatable bonds is 8. The van der Waals surface area contributed by atoms with Crippen LogP contribution in [0.2, 0.25) is 0 Å². The van der Waals surface area contributed by atoms with Crippen molar-refractivity contribution < 1.29 is 26.8 Å². The largest absolute Gasteiger partial charge is 0.460 e. The maximum absolute atomic E-state index is 15.7. The molecule has 1 saturated heterocycles. The third kappa shape index (κ3) is 7.02. The average molecular weight is 644 g/mol. The normalized spacial score (nSPS) is 14.7. The number of benzene rings is 3. The number of piperidine rings is 1. The van der Waals surface area contributed by atoms with Gasteiger partial charge in [0.2, 0.25) is 0 Å². The zero-order valence-electron chi connectivity index (χ0n) is 24.6. The minimum atomic E-state index is -2.71. The van der Waals surface area contributed by atoms with Crippen LogP contribution in [0.4, 0.5) is 23.4 Å². The molecule has 46 heavy (non-hydrogen) atoms. The van der Waals surface area contributed by atoms with Gasteiger partial charge in [0.05, 0.1) is 0 Å². The van der Waals surface area contributed by atoms with Gasteiger partial charge in [0.15, 0.2) is 5.78 Å². The molecule has 0 amide bonds. The van der Waals surface area contributed by atoms with Crippen LogP contribution in [0.5, 0.6) is 0 Å². The van der Waals surface area contributed by atoms with E-state index in [9.17, 15) is 18.0 Å². The van der Waals surface area contributed by atoms with E-state index in [1.165, 1.54) is 24.3 Å². The van der Waals surface area contributed by atoms with Crippen molar-refractivity contribution in [3.8, 4) is 22.3 Å². The van der Waals surface area contributed by atoms with Gasteiger partial charge in [-0.2, -0.15) is 0 Å². The van der Waals surface area contributed by atoms with Gasteiger partial charge in [-0.3, -0.25) is 4.79 Å². The SMILES string of the molecule is Nc1ccc(/C=C/C(=O)CCc2cc3cc(-c4ccc(C(=S)N5CCC(F)(F)CC5)cc4F)cc(-c4ccc(F)cc4)c3o2)cn1. The Morgan fingerprint density at radius 1 is 0.957 bits per heavy atom. The van der Waals surface area contributed by atoms with Gasteiger partial charge in [-0.1, -0.05) is 36.5 Å². The van der Waals surface area contributed by atoms with Crippen molar-refractivity contribution in [2.24, 2.45) is 0 Å². The smallest absolute Gasteiger partial charge is 0.251 e. The Labute approximate surface area is 268 Å². The van der Waals surface area contributed by atoms with Crippen LogP contribution >= 0.6 is 12.2 Å². The average Bonchev–Trinajstić information content (AvgIpc) is 3.46. The van der Waals surface area contributed by atoms with Gasteiger partial charge in [0, 0.05) is 67.0 Å². The molecule has 3 aromatic carbocycles. The summed E-state index contributed by atoms with van der Waals surface area (Å²) in [6, 6.07) is 19.4. The summed E-state index contributed by atoms with van der Waals surface area (Å²) in [5.41, 5.74) is 9.50. The molecular weight excluding hydrogens is 614 g/mol. The molecule has 234 valence electrons. The number of fused-ring (bicyclic) bond motifs is 1. The van der Waals surface area contributed by atoms with Crippen molar-refractivity contribution in [3.05, 3.63) is 114 Å². The highest BCUT2D eigenvalue weighted by Crippen LogP contribution is 2.37. The first kappa shape index (κ1) is 31.2. The second-order valence-corrected chi connectivity index (χ2v) is 11.7. The second-order valence-electron chi connectivity index (χ2n) is 11.3. The topological polar surface area (TPSA) is 72.4 Å². The van der Waals surface area contributed by atoms with Gasteiger partial charge in [0.25, 0.3) is 5.92 Å². The number of alkyl halides is 2. The molecule has 1 fully saturated rings. The molecule has 2 aromatic heterocycles. The molecule has 0 unspecified atom stereocenters. The number of pyridine rings is 1. The zero-order chi connectivity index (χ0) is 32.4. The van der Waals surface area contributed by atoms with Crippen LogP contribution in [-0.2, 0) is 11.2 Å². The van der Waals surface area contributed by atoms with Gasteiger partial charge in [-0.15, -0.1) is 0 Å². The summed E-state index contributed by atoms with van der Waals surface area (Å²) in [6.45, 7) is 0.218. The number of likely N-dealkylation sites (tertiary alicyclic amines) is 1. The summed E-state index contributed by atoms with van der Waals surface area (Å²) in [5.74, 6) is -2.77. The van der Waals surface area contributed by atoms with Crippen LogP contribution < -0.4 is 5.73 Å². The maximum Gasteiger partial charge on any atom is 0.251 e. The van der Waals surface area contributed by atoms with E-state index in [2.05, 4.69) is 4.98 Å². The molecule has 2 N–H and O–H groups in total. The fraction of sp³-hybridized carbons (Fsp3) is 0.194. The van der Waals surface area contributed by atoms with Gasteiger partial charge in [0.1, 0.15) is 33.8 Å². The molecule has 1 aliphatic rings. The minimum Gasteiger partial charge on any atom is -0.460 e. The summed E-state index contributed by atoms with van der Waals surface area (Å²) in [4.78, 5) is 18.6. The molecule has 0 spiro atoms. The molecule has 5 nitrogen and oxygen atoms in total. The number of nitrogen functional groups attached to an aromatic ring is 1. The molecule has 0 atom stereocenters. The Morgan fingerprint density at radius 2 is 1.72 bits per heavy atom. The standard InChI is InChI=1S/C36H29F4N3O2S/c37-27-6-3-23(4-7-27)31-19-25(30-11-5-24(20-32(30)38)35(46)43-15-13-36(39,40)14-16-43)17-26-18-29(45-34(26)31)10-9-28(44)8-1-22-2-12-33(41)42-21-22/h1-8,11-12,17-21H,9-10,13-16H2,(H2,41,42)/b8-1+. The third-order valence-corrected chi connectivity index (χ3v) is 8.51. The van der Waals surface area contributed by atoms with Crippen molar-refractivity contribution in [1.82, 2.24) is 9.88 Å². The molecule has 0 radical (unpaired) electrons. The summed E-state index contributed by atoms with van der Waals surface area (Å²) in [7, 11) is 0. The van der Waals surface area contributed by atoms with Crippen LogP contribution in [0, 0.1) is 11.6 Å². The Kier molecular flexibility index (Phi) is 8.73. The summed E-state index contributed by atoms with van der Waals surface area (Å²) >= 11 is 5.52. The molecule has 1 aliphatic heterocycles. The van der Waals surface area contributed by atoms with Crippen LogP contribution in [0.3, 0.4) is 0 Å². The van der Waals surface area contributed by atoms with Gasteiger partial charge >= 0.3 is 0 Å². The molecule has 0 aliphatic carbocycles. The molecule has 10 heteroatoms. The van der Waals surface area contributed by atoms with E-state index in [0.29, 0.717) is 61.8 Å². The number of ketones is 1. The molecular formula is C36H29F4N3O2S. The monoisotopic (exact) mass is 643 g/mol. The number of halogens is 4. The Hall–Kier alpha value is -4.83. The Bertz CT molecular complexity index is 1940. The van der Waals surface area contributed by atoms with E-state index in [-0.39, 0.29) is 38.1 Å². The Balaban J connectivity index is 1.27. The van der Waals surface area contributed by atoms with E-state index in [0.717, 1.165) is 5.56 Å². The number of aryl methyl sites for hydroxylation is 1. The van der Waals surface area contributed by atoms with E-state index >= 15 is 4.39 Å². The van der Waals surface area contributed by atoms with Crippen molar-refractivity contribution in [2.75, 3.05) is 18.8 Å². The molecule has 0 saturated carbocycles. The van der Waals surface area contributed by atoms with Gasteiger partial charge < -0.3 is 15.1 Å². The van der Waals surface area contributed by atoms with Crippen LogP contribution in [0.1, 0.15) is 36.1 Å². The van der Waals surface area contributed by atoms with Crippen molar-refractivity contribution >= 4 is 45.9 Å². The van der Waals surface area contributed by atoms with Crippen LogP contribution in [-0.4, -0.2) is 39.7 Å². The number of thiocarbonyl (C=S) groups is 1. The predicted octanol–water partition coefficient (Wildman–Crippen LogP) is 8.64. The zero-order valence-corrected chi connectivity index (χ0v) is 25.4. The number of nitrogens with two attached hydrogens (primary N) is 1. The quantitative estimate of drug-likeness (QED) is 0.104. The second kappa shape index (κ2) is 12.9. The first-order valence-electron chi connectivity index (χ1n) is 14.8. The Morgan fingerprint density at radius 3 is 2.41 bits per heavy atom. The first-order valence-corrected chi connectivity index (χ1v) is 15.2. The number of anilines is 1.